The second-order valence-corrected chi connectivity index (χ2v) is 9.82. The van der Waals surface area contributed by atoms with Crippen LogP contribution in [0.5, 0.6) is 5.75 Å². The van der Waals surface area contributed by atoms with Crippen molar-refractivity contribution in [1.82, 2.24) is 15.0 Å². The molecule has 4 rings (SSSR count). The summed E-state index contributed by atoms with van der Waals surface area (Å²) in [5.41, 5.74) is 0.776. The van der Waals surface area contributed by atoms with Gasteiger partial charge in [0.25, 0.3) is 5.91 Å². The standard InChI is InChI=1S/C25H32ClN3O5/c1-17(2)13-20-15-23(34-27-20)25(31)29-8-7-22(33-21-5-3-19(26)4-6-21)18(16-29)14-24(30)28-9-11-32-12-10-28/h3-6,15,17-18,22H,7-14,16H2,1-2H3/t18-,22-/m0/s1. The monoisotopic (exact) mass is 489 g/mol. The Bertz CT molecular complexity index is 971. The number of benzene rings is 1. The Morgan fingerprint density at radius 2 is 1.88 bits per heavy atom. The van der Waals surface area contributed by atoms with Crippen LogP contribution in [0.1, 0.15) is 42.9 Å². The molecule has 3 heterocycles. The molecule has 0 spiro atoms. The fraction of sp³-hybridized carbons (Fsp3) is 0.560. The van der Waals surface area contributed by atoms with Gasteiger partial charge in [0.05, 0.1) is 18.9 Å². The summed E-state index contributed by atoms with van der Waals surface area (Å²) in [7, 11) is 0. The Hall–Kier alpha value is -2.58. The van der Waals surface area contributed by atoms with Crippen LogP contribution in [0, 0.1) is 11.8 Å². The average molecular weight is 490 g/mol. The molecule has 9 heteroatoms. The molecule has 2 amide bonds. The number of hydrogen-bond donors (Lipinski definition) is 0. The highest BCUT2D eigenvalue weighted by Gasteiger charge is 2.36. The molecule has 8 nitrogen and oxygen atoms in total. The summed E-state index contributed by atoms with van der Waals surface area (Å²) in [6.07, 6.45) is 1.48. The van der Waals surface area contributed by atoms with Crippen molar-refractivity contribution in [3.8, 4) is 5.75 Å². The van der Waals surface area contributed by atoms with Crippen molar-refractivity contribution in [3.63, 3.8) is 0 Å². The fourth-order valence-corrected chi connectivity index (χ4v) is 4.61. The largest absolute Gasteiger partial charge is 0.490 e. The summed E-state index contributed by atoms with van der Waals surface area (Å²) in [6.45, 7) is 7.40. The molecule has 34 heavy (non-hydrogen) atoms. The van der Waals surface area contributed by atoms with Crippen LogP contribution in [0.3, 0.4) is 0 Å². The van der Waals surface area contributed by atoms with Crippen LogP contribution in [0.25, 0.3) is 0 Å². The maximum absolute atomic E-state index is 13.2. The van der Waals surface area contributed by atoms with Gasteiger partial charge in [-0.1, -0.05) is 30.6 Å². The Morgan fingerprint density at radius 3 is 2.59 bits per heavy atom. The topological polar surface area (TPSA) is 85.1 Å². The third-order valence-corrected chi connectivity index (χ3v) is 6.49. The van der Waals surface area contributed by atoms with Crippen molar-refractivity contribution < 1.29 is 23.6 Å². The predicted octanol–water partition coefficient (Wildman–Crippen LogP) is 3.69. The minimum Gasteiger partial charge on any atom is -0.490 e. The third kappa shape index (κ3) is 6.30. The lowest BCUT2D eigenvalue weighted by molar-refractivity contribution is -0.137. The SMILES string of the molecule is CC(C)Cc1cc(C(=O)N2CC[C@H](Oc3ccc(Cl)cc3)[C@@H](CC(=O)N3CCOCC3)C2)on1. The van der Waals surface area contributed by atoms with E-state index >= 15 is 0 Å². The molecule has 1 aromatic carbocycles. The first kappa shape index (κ1) is 24.5. The molecular weight excluding hydrogens is 458 g/mol. The summed E-state index contributed by atoms with van der Waals surface area (Å²) < 4.78 is 17.0. The molecule has 2 aliphatic heterocycles. The van der Waals surface area contributed by atoms with Gasteiger partial charge in [-0.05, 0) is 36.6 Å². The summed E-state index contributed by atoms with van der Waals surface area (Å²) in [4.78, 5) is 29.8. The van der Waals surface area contributed by atoms with E-state index in [4.69, 9.17) is 25.6 Å². The molecule has 0 radical (unpaired) electrons. The molecule has 0 unspecified atom stereocenters. The van der Waals surface area contributed by atoms with Crippen molar-refractivity contribution in [3.05, 3.63) is 46.8 Å². The number of halogens is 1. The van der Waals surface area contributed by atoms with Gasteiger partial charge in [0.15, 0.2) is 0 Å². The van der Waals surface area contributed by atoms with E-state index in [-0.39, 0.29) is 29.6 Å². The molecule has 2 aromatic rings. The highest BCUT2D eigenvalue weighted by molar-refractivity contribution is 6.30. The van der Waals surface area contributed by atoms with Gasteiger partial charge >= 0.3 is 0 Å². The summed E-state index contributed by atoms with van der Waals surface area (Å²) >= 11 is 6.01. The molecule has 0 N–H and O–H groups in total. The summed E-state index contributed by atoms with van der Waals surface area (Å²) in [5, 5.41) is 4.68. The van der Waals surface area contributed by atoms with Crippen LogP contribution in [-0.4, -0.2) is 72.3 Å². The van der Waals surface area contributed by atoms with Gasteiger partial charge in [0.2, 0.25) is 11.7 Å². The van der Waals surface area contributed by atoms with E-state index in [0.717, 1.165) is 12.1 Å². The van der Waals surface area contributed by atoms with E-state index < -0.39 is 0 Å². The van der Waals surface area contributed by atoms with Gasteiger partial charge in [-0.15, -0.1) is 0 Å². The van der Waals surface area contributed by atoms with E-state index in [1.54, 1.807) is 23.1 Å². The normalized spacial score (nSPS) is 21.1. The minimum absolute atomic E-state index is 0.0613. The number of carbonyl (C=O) groups is 2. The maximum Gasteiger partial charge on any atom is 0.292 e. The minimum atomic E-state index is -0.198. The maximum atomic E-state index is 13.2. The van der Waals surface area contributed by atoms with E-state index in [0.29, 0.717) is 68.9 Å². The van der Waals surface area contributed by atoms with Crippen molar-refractivity contribution in [2.75, 3.05) is 39.4 Å². The highest BCUT2D eigenvalue weighted by Crippen LogP contribution is 2.28. The van der Waals surface area contributed by atoms with Crippen LogP contribution < -0.4 is 4.74 Å². The molecule has 2 saturated heterocycles. The van der Waals surface area contributed by atoms with Gasteiger partial charge in [-0.2, -0.15) is 0 Å². The second kappa shape index (κ2) is 11.2. The highest BCUT2D eigenvalue weighted by atomic mass is 35.5. The Labute approximate surface area is 205 Å². The number of aromatic nitrogens is 1. The lowest BCUT2D eigenvalue weighted by atomic mass is 9.90. The molecule has 0 aliphatic carbocycles. The molecule has 2 atom stereocenters. The number of nitrogens with zero attached hydrogens (tertiary/aromatic N) is 3. The molecular formula is C25H32ClN3O5. The average Bonchev–Trinajstić information content (AvgIpc) is 3.29. The fourth-order valence-electron chi connectivity index (χ4n) is 4.48. The number of rotatable bonds is 7. The number of amides is 2. The molecule has 184 valence electrons. The number of morpholine rings is 1. The van der Waals surface area contributed by atoms with E-state index in [1.807, 2.05) is 17.0 Å². The number of piperidine rings is 1. The second-order valence-electron chi connectivity index (χ2n) is 9.39. The molecule has 2 aliphatic rings. The van der Waals surface area contributed by atoms with Gasteiger partial charge in [-0.3, -0.25) is 9.59 Å². The summed E-state index contributed by atoms with van der Waals surface area (Å²) in [5.74, 6) is 1.08. The lowest BCUT2D eigenvalue weighted by Crippen LogP contribution is -2.50. The first-order valence-electron chi connectivity index (χ1n) is 11.9. The van der Waals surface area contributed by atoms with E-state index in [2.05, 4.69) is 19.0 Å². The van der Waals surface area contributed by atoms with Crippen LogP contribution >= 0.6 is 11.6 Å². The van der Waals surface area contributed by atoms with Crippen molar-refractivity contribution >= 4 is 23.4 Å². The first-order chi connectivity index (χ1) is 16.4. The van der Waals surface area contributed by atoms with Gasteiger partial charge in [0.1, 0.15) is 11.9 Å². The predicted molar refractivity (Wildman–Crippen MR) is 127 cm³/mol. The smallest absolute Gasteiger partial charge is 0.292 e. The zero-order valence-electron chi connectivity index (χ0n) is 19.7. The van der Waals surface area contributed by atoms with E-state index in [9.17, 15) is 9.59 Å². The Morgan fingerprint density at radius 1 is 1.15 bits per heavy atom. The molecule has 1 aromatic heterocycles. The van der Waals surface area contributed by atoms with Gasteiger partial charge in [0, 0.05) is 56.0 Å². The molecule has 0 saturated carbocycles. The number of ether oxygens (including phenoxy) is 2. The Balaban J connectivity index is 1.46. The van der Waals surface area contributed by atoms with Crippen molar-refractivity contribution in [1.29, 1.82) is 0 Å². The number of likely N-dealkylation sites (tertiary alicyclic amines) is 1. The Kier molecular flexibility index (Phi) is 8.11. The molecule has 2 fully saturated rings. The molecule has 0 bridgehead atoms. The number of hydrogen-bond acceptors (Lipinski definition) is 6. The first-order valence-corrected chi connectivity index (χ1v) is 12.3. The van der Waals surface area contributed by atoms with Crippen molar-refractivity contribution in [2.45, 2.75) is 39.2 Å². The van der Waals surface area contributed by atoms with Crippen molar-refractivity contribution in [2.24, 2.45) is 11.8 Å². The van der Waals surface area contributed by atoms with Gasteiger partial charge in [-0.25, -0.2) is 0 Å². The van der Waals surface area contributed by atoms with E-state index in [1.165, 1.54) is 0 Å². The van der Waals surface area contributed by atoms with Crippen LogP contribution in [0.4, 0.5) is 0 Å². The quantitative estimate of drug-likeness (QED) is 0.589. The van der Waals surface area contributed by atoms with Gasteiger partial charge < -0.3 is 23.8 Å². The van der Waals surface area contributed by atoms with Crippen LogP contribution in [-0.2, 0) is 16.0 Å². The number of carbonyl (C=O) groups excluding carboxylic acids is 2. The van der Waals surface area contributed by atoms with Crippen LogP contribution in [0.2, 0.25) is 5.02 Å². The third-order valence-electron chi connectivity index (χ3n) is 6.24. The summed E-state index contributed by atoms with van der Waals surface area (Å²) in [6, 6.07) is 8.94. The van der Waals surface area contributed by atoms with Crippen LogP contribution in [0.15, 0.2) is 34.9 Å². The zero-order valence-corrected chi connectivity index (χ0v) is 20.5. The zero-order chi connectivity index (χ0) is 24.1. The lowest BCUT2D eigenvalue weighted by Gasteiger charge is -2.39.